The van der Waals surface area contributed by atoms with E-state index in [0.29, 0.717) is 11.1 Å². The normalized spacial score (nSPS) is 26.4. The second-order valence-corrected chi connectivity index (χ2v) is 12.0. The number of nitro groups is 2. The van der Waals surface area contributed by atoms with Crippen LogP contribution in [0, 0.1) is 49.8 Å². The Labute approximate surface area is 266 Å². The summed E-state index contributed by atoms with van der Waals surface area (Å²) in [6.07, 6.45) is 2.05. The number of ether oxygens (including phenoxy) is 1. The van der Waals surface area contributed by atoms with Crippen LogP contribution >= 0.6 is 0 Å². The standard InChI is InChI=1S/C33H26N4O10/c1-47-26-12-16(8-11-25(26)38)27-21-9-10-22-28(32(41)34(30(22)39)17-4-2-6-19(13-17)36(43)44)23(21)15-24-29(27)33(42)35(31(24)40)18-5-3-7-20(14-18)37(45)46/h2-9,11-14,22-24,27-29,38H,10,15H2,1H3/t22-,23+,24+,27-,28-,29+/m0/s1. The summed E-state index contributed by atoms with van der Waals surface area (Å²) in [5, 5.41) is 33.3. The van der Waals surface area contributed by atoms with E-state index in [-0.39, 0.29) is 47.1 Å². The molecule has 2 saturated heterocycles. The molecule has 2 heterocycles. The predicted molar refractivity (Wildman–Crippen MR) is 163 cm³/mol. The quantitative estimate of drug-likeness (QED) is 0.177. The molecule has 1 N–H and O–H groups in total. The lowest BCUT2D eigenvalue weighted by Gasteiger charge is -2.44. The lowest BCUT2D eigenvalue weighted by atomic mass is 9.57. The Morgan fingerprint density at radius 3 is 1.89 bits per heavy atom. The first kappa shape index (κ1) is 29.8. The number of carbonyl (C=O) groups excluding carboxylic acids is 4. The maximum atomic E-state index is 14.2. The van der Waals surface area contributed by atoms with Gasteiger partial charge in [0.2, 0.25) is 23.6 Å². The summed E-state index contributed by atoms with van der Waals surface area (Å²) in [5.74, 6) is -7.21. The Morgan fingerprint density at radius 2 is 1.32 bits per heavy atom. The van der Waals surface area contributed by atoms with Gasteiger partial charge in [0.05, 0.1) is 52.0 Å². The fraction of sp³-hybridized carbons (Fsp3) is 0.273. The van der Waals surface area contributed by atoms with Crippen LogP contribution in [0.25, 0.3) is 0 Å². The van der Waals surface area contributed by atoms with Crippen molar-refractivity contribution in [2.45, 2.75) is 18.8 Å². The first-order valence-electron chi connectivity index (χ1n) is 14.8. The molecule has 4 aliphatic rings. The zero-order chi connectivity index (χ0) is 33.3. The van der Waals surface area contributed by atoms with E-state index in [1.54, 1.807) is 12.1 Å². The van der Waals surface area contributed by atoms with Gasteiger partial charge in [0.15, 0.2) is 11.5 Å². The highest BCUT2D eigenvalue weighted by molar-refractivity contribution is 6.24. The highest BCUT2D eigenvalue weighted by atomic mass is 16.6. The van der Waals surface area contributed by atoms with Crippen LogP contribution in [0.5, 0.6) is 11.5 Å². The average molecular weight is 639 g/mol. The molecule has 1 saturated carbocycles. The summed E-state index contributed by atoms with van der Waals surface area (Å²) in [5.41, 5.74) is 0.762. The molecule has 3 aromatic carbocycles. The van der Waals surface area contributed by atoms with Crippen molar-refractivity contribution in [3.63, 3.8) is 0 Å². The van der Waals surface area contributed by atoms with Crippen molar-refractivity contribution in [2.24, 2.45) is 29.6 Å². The molecule has 2 aliphatic carbocycles. The molecule has 6 atom stereocenters. The molecule has 0 unspecified atom stereocenters. The molecule has 0 aromatic heterocycles. The minimum Gasteiger partial charge on any atom is -0.504 e. The summed E-state index contributed by atoms with van der Waals surface area (Å²) >= 11 is 0. The van der Waals surface area contributed by atoms with Crippen LogP contribution in [0.3, 0.4) is 0 Å². The Morgan fingerprint density at radius 1 is 0.745 bits per heavy atom. The molecule has 3 aromatic rings. The third-order valence-electron chi connectivity index (χ3n) is 9.81. The first-order valence-corrected chi connectivity index (χ1v) is 14.8. The average Bonchev–Trinajstić information content (AvgIpc) is 3.47. The van der Waals surface area contributed by atoms with Crippen LogP contribution < -0.4 is 14.5 Å². The van der Waals surface area contributed by atoms with E-state index in [2.05, 4.69) is 0 Å². The van der Waals surface area contributed by atoms with Crippen LogP contribution in [0.4, 0.5) is 22.7 Å². The molecular weight excluding hydrogens is 612 g/mol. The number of hydrogen-bond acceptors (Lipinski definition) is 10. The topological polar surface area (TPSA) is 190 Å². The van der Waals surface area contributed by atoms with Crippen molar-refractivity contribution in [3.05, 3.63) is 104 Å². The van der Waals surface area contributed by atoms with Crippen molar-refractivity contribution in [3.8, 4) is 11.5 Å². The van der Waals surface area contributed by atoms with Gasteiger partial charge in [-0.2, -0.15) is 0 Å². The van der Waals surface area contributed by atoms with E-state index >= 15 is 0 Å². The van der Waals surface area contributed by atoms with E-state index in [1.807, 2.05) is 6.08 Å². The first-order chi connectivity index (χ1) is 22.5. The van der Waals surface area contributed by atoms with E-state index in [0.717, 1.165) is 15.9 Å². The highest BCUT2D eigenvalue weighted by Gasteiger charge is 2.62. The number of anilines is 2. The van der Waals surface area contributed by atoms with Crippen LogP contribution in [-0.4, -0.2) is 45.7 Å². The van der Waals surface area contributed by atoms with Gasteiger partial charge in [-0.3, -0.25) is 39.4 Å². The Hall–Kier alpha value is -5.92. The second-order valence-electron chi connectivity index (χ2n) is 12.0. The number of fused-ring (bicyclic) bond motifs is 4. The number of aromatic hydroxyl groups is 1. The molecule has 3 fully saturated rings. The summed E-state index contributed by atoms with van der Waals surface area (Å²) in [6, 6.07) is 15.1. The van der Waals surface area contributed by atoms with Gasteiger partial charge in [0.1, 0.15) is 0 Å². The molecule has 4 amide bonds. The molecular formula is C33H26N4O10. The third-order valence-corrected chi connectivity index (χ3v) is 9.81. The van der Waals surface area contributed by atoms with Crippen LogP contribution in [0.2, 0.25) is 0 Å². The van der Waals surface area contributed by atoms with E-state index < -0.39 is 69.0 Å². The number of imide groups is 2. The molecule has 14 nitrogen and oxygen atoms in total. The second kappa shape index (κ2) is 10.9. The van der Waals surface area contributed by atoms with Gasteiger partial charge in [0.25, 0.3) is 11.4 Å². The van der Waals surface area contributed by atoms with E-state index in [9.17, 15) is 44.5 Å². The van der Waals surface area contributed by atoms with Gasteiger partial charge in [0, 0.05) is 30.2 Å². The molecule has 47 heavy (non-hydrogen) atoms. The predicted octanol–water partition coefficient (Wildman–Crippen LogP) is 4.26. The van der Waals surface area contributed by atoms with Gasteiger partial charge >= 0.3 is 0 Å². The minimum absolute atomic E-state index is 0.0458. The molecule has 7 rings (SSSR count). The maximum Gasteiger partial charge on any atom is 0.271 e. The van der Waals surface area contributed by atoms with Crippen molar-refractivity contribution >= 4 is 46.4 Å². The molecule has 2 aliphatic heterocycles. The van der Waals surface area contributed by atoms with Crippen molar-refractivity contribution < 1.29 is 38.9 Å². The zero-order valence-corrected chi connectivity index (χ0v) is 24.7. The molecule has 0 spiro atoms. The molecule has 238 valence electrons. The van der Waals surface area contributed by atoms with E-state index in [4.69, 9.17) is 4.74 Å². The Balaban J connectivity index is 1.34. The lowest BCUT2D eigenvalue weighted by Crippen LogP contribution is -2.43. The zero-order valence-electron chi connectivity index (χ0n) is 24.7. The number of amides is 4. The number of rotatable bonds is 6. The van der Waals surface area contributed by atoms with Crippen LogP contribution in [0.15, 0.2) is 78.4 Å². The third kappa shape index (κ3) is 4.47. The van der Waals surface area contributed by atoms with Crippen LogP contribution in [-0.2, 0) is 19.2 Å². The summed E-state index contributed by atoms with van der Waals surface area (Å²) in [7, 11) is 1.37. The Bertz CT molecular complexity index is 1960. The minimum atomic E-state index is -0.949. The highest BCUT2D eigenvalue weighted by Crippen LogP contribution is 2.59. The number of allylic oxidation sites excluding steroid dienone is 2. The van der Waals surface area contributed by atoms with Gasteiger partial charge in [-0.15, -0.1) is 0 Å². The summed E-state index contributed by atoms with van der Waals surface area (Å²) in [6.45, 7) is 0. The number of benzene rings is 3. The smallest absolute Gasteiger partial charge is 0.271 e. The monoisotopic (exact) mass is 638 g/mol. The fourth-order valence-electron chi connectivity index (χ4n) is 7.85. The number of methoxy groups -OCH3 is 1. The number of non-ortho nitro benzene ring substituents is 2. The van der Waals surface area contributed by atoms with Crippen molar-refractivity contribution in [2.75, 3.05) is 16.9 Å². The van der Waals surface area contributed by atoms with Gasteiger partial charge in [-0.1, -0.05) is 29.8 Å². The molecule has 0 bridgehead atoms. The number of phenolic OH excluding ortho intramolecular Hbond substituents is 1. The number of phenols is 1. The lowest BCUT2D eigenvalue weighted by molar-refractivity contribution is -0.385. The van der Waals surface area contributed by atoms with Crippen molar-refractivity contribution in [1.82, 2.24) is 0 Å². The van der Waals surface area contributed by atoms with E-state index in [1.165, 1.54) is 55.6 Å². The van der Waals surface area contributed by atoms with Crippen molar-refractivity contribution in [1.29, 1.82) is 0 Å². The van der Waals surface area contributed by atoms with Gasteiger partial charge in [-0.25, -0.2) is 9.80 Å². The van der Waals surface area contributed by atoms with Gasteiger partial charge in [-0.05, 0) is 48.6 Å². The summed E-state index contributed by atoms with van der Waals surface area (Å²) < 4.78 is 5.34. The van der Waals surface area contributed by atoms with Gasteiger partial charge < -0.3 is 9.84 Å². The molecule has 14 heteroatoms. The fourth-order valence-corrected chi connectivity index (χ4v) is 7.85. The maximum absolute atomic E-state index is 14.2. The number of carbonyl (C=O) groups is 4. The number of nitro benzene ring substituents is 2. The van der Waals surface area contributed by atoms with Crippen LogP contribution in [0.1, 0.15) is 24.3 Å². The number of hydrogen-bond donors (Lipinski definition) is 1. The number of nitrogens with zero attached hydrogens (tertiary/aromatic N) is 4. The largest absolute Gasteiger partial charge is 0.504 e. The SMILES string of the molecule is COc1cc([C@H]2C3=CC[C@@H]4C(=O)N(c5cccc([N+](=O)[O-])c5)C(=O)[C@@H]4[C@@H]3C[C@H]3C(=O)N(c4cccc([N+](=O)[O-])c4)C(=O)[C@@H]23)ccc1O. The Kier molecular flexibility index (Phi) is 6.88. The molecule has 0 radical (unpaired) electrons. The summed E-state index contributed by atoms with van der Waals surface area (Å²) in [4.78, 5) is 79.8.